The van der Waals surface area contributed by atoms with Crippen LogP contribution in [-0.4, -0.2) is 54.6 Å². The molecule has 1 saturated heterocycles. The summed E-state index contributed by atoms with van der Waals surface area (Å²) >= 11 is 0. The Morgan fingerprint density at radius 1 is 1.22 bits per heavy atom. The summed E-state index contributed by atoms with van der Waals surface area (Å²) in [6.45, 7) is 6.35. The van der Waals surface area contributed by atoms with Gasteiger partial charge in [0.15, 0.2) is 11.5 Å². The molecule has 2 aliphatic rings. The van der Waals surface area contributed by atoms with Gasteiger partial charge in [0.1, 0.15) is 0 Å². The summed E-state index contributed by atoms with van der Waals surface area (Å²) in [5, 5.41) is 0. The van der Waals surface area contributed by atoms with Crippen LogP contribution in [0.2, 0.25) is 0 Å². The Kier molecular flexibility index (Phi) is 6.30. The average molecular weight is 375 g/mol. The Morgan fingerprint density at radius 3 is 2.56 bits per heavy atom. The van der Waals surface area contributed by atoms with Gasteiger partial charge in [-0.25, -0.2) is 0 Å². The number of methoxy groups -OCH3 is 2. The number of nitrogens with zero attached hydrogens (tertiary/aromatic N) is 2. The van der Waals surface area contributed by atoms with Crippen LogP contribution < -0.4 is 9.47 Å². The monoisotopic (exact) mass is 374 g/mol. The molecule has 1 aromatic rings. The molecule has 0 aromatic heterocycles. The highest BCUT2D eigenvalue weighted by Gasteiger charge is 2.47. The zero-order chi connectivity index (χ0) is 19.4. The van der Waals surface area contributed by atoms with Gasteiger partial charge < -0.3 is 14.4 Å². The summed E-state index contributed by atoms with van der Waals surface area (Å²) in [6, 6.07) is 6.42. The molecule has 27 heavy (non-hydrogen) atoms. The predicted octanol–water partition coefficient (Wildman–Crippen LogP) is 3.85. The number of hydrogen-bond donors (Lipinski definition) is 0. The van der Waals surface area contributed by atoms with Gasteiger partial charge in [0.05, 0.1) is 14.2 Å². The van der Waals surface area contributed by atoms with E-state index in [4.69, 9.17) is 9.47 Å². The highest BCUT2D eigenvalue weighted by atomic mass is 16.5. The van der Waals surface area contributed by atoms with E-state index >= 15 is 0 Å². The van der Waals surface area contributed by atoms with Crippen LogP contribution >= 0.6 is 0 Å². The lowest BCUT2D eigenvalue weighted by atomic mass is 9.79. The van der Waals surface area contributed by atoms with Crippen LogP contribution in [-0.2, 0) is 11.3 Å². The molecule has 5 nitrogen and oxygen atoms in total. The first-order valence-corrected chi connectivity index (χ1v) is 10.3. The van der Waals surface area contributed by atoms with Crippen molar-refractivity contribution in [2.75, 3.05) is 27.3 Å². The molecular weight excluding hydrogens is 340 g/mol. The molecule has 3 rings (SSSR count). The molecule has 1 atom stereocenters. The second-order valence-electron chi connectivity index (χ2n) is 7.98. The van der Waals surface area contributed by atoms with Crippen LogP contribution in [0.1, 0.15) is 57.9 Å². The third-order valence-corrected chi connectivity index (χ3v) is 6.53. The summed E-state index contributed by atoms with van der Waals surface area (Å²) < 4.78 is 11.2. The van der Waals surface area contributed by atoms with Gasteiger partial charge in [0.2, 0.25) is 5.91 Å². The lowest BCUT2D eigenvalue weighted by Crippen LogP contribution is -2.44. The van der Waals surface area contributed by atoms with Crippen LogP contribution in [0.5, 0.6) is 11.5 Å². The van der Waals surface area contributed by atoms with Gasteiger partial charge in [-0.3, -0.25) is 9.69 Å². The molecule has 1 aliphatic carbocycles. The van der Waals surface area contributed by atoms with E-state index in [1.807, 2.05) is 12.1 Å². The maximum Gasteiger partial charge on any atom is 0.219 e. The van der Waals surface area contributed by atoms with E-state index in [0.717, 1.165) is 43.1 Å². The van der Waals surface area contributed by atoms with Crippen molar-refractivity contribution in [1.29, 1.82) is 0 Å². The number of carbonyl (C=O) groups is 1. The van der Waals surface area contributed by atoms with E-state index in [-0.39, 0.29) is 11.4 Å². The second-order valence-corrected chi connectivity index (χ2v) is 7.98. The van der Waals surface area contributed by atoms with Crippen molar-refractivity contribution in [2.24, 2.45) is 0 Å². The van der Waals surface area contributed by atoms with Crippen molar-refractivity contribution < 1.29 is 14.3 Å². The predicted molar refractivity (Wildman–Crippen MR) is 107 cm³/mol. The van der Waals surface area contributed by atoms with Crippen molar-refractivity contribution in [3.05, 3.63) is 23.8 Å². The van der Waals surface area contributed by atoms with Crippen LogP contribution in [0.25, 0.3) is 0 Å². The Morgan fingerprint density at radius 2 is 1.96 bits per heavy atom. The van der Waals surface area contributed by atoms with Gasteiger partial charge in [-0.15, -0.1) is 0 Å². The number of amides is 1. The van der Waals surface area contributed by atoms with Crippen molar-refractivity contribution in [3.63, 3.8) is 0 Å². The number of benzene rings is 1. The van der Waals surface area contributed by atoms with E-state index in [2.05, 4.69) is 22.8 Å². The summed E-state index contributed by atoms with van der Waals surface area (Å²) in [6.07, 6.45) is 7.44. The zero-order valence-electron chi connectivity index (χ0n) is 17.3. The number of hydrogen-bond acceptors (Lipinski definition) is 4. The van der Waals surface area contributed by atoms with Crippen LogP contribution in [0.15, 0.2) is 18.2 Å². The topological polar surface area (TPSA) is 42.0 Å². The first-order chi connectivity index (χ1) is 13.0. The molecule has 1 heterocycles. The van der Waals surface area contributed by atoms with E-state index in [9.17, 15) is 4.79 Å². The van der Waals surface area contributed by atoms with Gasteiger partial charge in [-0.2, -0.15) is 0 Å². The number of likely N-dealkylation sites (N-methyl/N-ethyl adjacent to an activating group) is 1. The van der Waals surface area contributed by atoms with E-state index < -0.39 is 0 Å². The highest BCUT2D eigenvalue weighted by molar-refractivity contribution is 5.73. The third-order valence-electron chi connectivity index (χ3n) is 6.53. The second kappa shape index (κ2) is 8.51. The molecule has 1 aromatic carbocycles. The molecule has 150 valence electrons. The average Bonchev–Trinajstić information content (AvgIpc) is 2.99. The minimum Gasteiger partial charge on any atom is -0.493 e. The van der Waals surface area contributed by atoms with Gasteiger partial charge in [-0.1, -0.05) is 31.4 Å². The van der Waals surface area contributed by atoms with E-state index in [1.54, 1.807) is 21.1 Å². The quantitative estimate of drug-likeness (QED) is 0.758. The Hall–Kier alpha value is -1.75. The molecule has 5 heteroatoms. The fourth-order valence-corrected chi connectivity index (χ4v) is 5.27. The van der Waals surface area contributed by atoms with Crippen LogP contribution in [0, 0.1) is 0 Å². The summed E-state index contributed by atoms with van der Waals surface area (Å²) in [4.78, 5) is 16.8. The molecule has 1 amide bonds. The minimum atomic E-state index is 0.189. The zero-order valence-corrected chi connectivity index (χ0v) is 17.3. The summed E-state index contributed by atoms with van der Waals surface area (Å²) in [5.74, 6) is 1.80. The molecule has 1 aliphatic heterocycles. The summed E-state index contributed by atoms with van der Waals surface area (Å²) in [5.41, 5.74) is 1.37. The maximum absolute atomic E-state index is 12.2. The number of likely N-dealkylation sites (tertiary alicyclic amines) is 1. The van der Waals surface area contributed by atoms with Crippen molar-refractivity contribution in [1.82, 2.24) is 9.80 Å². The van der Waals surface area contributed by atoms with Crippen LogP contribution in [0.4, 0.5) is 0 Å². The lowest BCUT2D eigenvalue weighted by molar-refractivity contribution is -0.130. The van der Waals surface area contributed by atoms with E-state index in [0.29, 0.717) is 6.04 Å². The first kappa shape index (κ1) is 20.0. The standard InChI is InChI=1S/C22H34N2O3/c1-5-24(17(2)25)19-14-22(12-7-6-8-13-22)23(16-19)15-18-10-9-11-20(26-3)21(18)27-4/h9-11,19H,5-8,12-16H2,1-4H3. The van der Waals surface area contributed by atoms with E-state index in [1.165, 1.54) is 32.1 Å². The number of carbonyl (C=O) groups excluding carboxylic acids is 1. The minimum absolute atomic E-state index is 0.189. The summed E-state index contributed by atoms with van der Waals surface area (Å²) in [7, 11) is 3.39. The largest absolute Gasteiger partial charge is 0.493 e. The molecular formula is C22H34N2O3. The van der Waals surface area contributed by atoms with Gasteiger partial charge in [-0.05, 0) is 32.3 Å². The Labute approximate surface area is 163 Å². The van der Waals surface area contributed by atoms with Crippen LogP contribution in [0.3, 0.4) is 0 Å². The van der Waals surface area contributed by atoms with Gasteiger partial charge >= 0.3 is 0 Å². The SMILES string of the molecule is CCN(C(C)=O)C1CN(Cc2cccc(OC)c2OC)C2(CCCCC2)C1. The fraction of sp³-hybridized carbons (Fsp3) is 0.682. The molecule has 1 spiro atoms. The normalized spacial score (nSPS) is 22.0. The Balaban J connectivity index is 1.89. The lowest BCUT2D eigenvalue weighted by Gasteiger charge is -2.41. The fourth-order valence-electron chi connectivity index (χ4n) is 5.27. The molecule has 1 unspecified atom stereocenters. The molecule has 1 saturated carbocycles. The third kappa shape index (κ3) is 3.93. The smallest absolute Gasteiger partial charge is 0.219 e. The van der Waals surface area contributed by atoms with Gasteiger partial charge in [0.25, 0.3) is 0 Å². The molecule has 2 fully saturated rings. The number of rotatable bonds is 6. The highest BCUT2D eigenvalue weighted by Crippen LogP contribution is 2.45. The Bertz CT molecular complexity index is 655. The number of ether oxygens (including phenoxy) is 2. The molecule has 0 radical (unpaired) electrons. The first-order valence-electron chi connectivity index (χ1n) is 10.3. The molecule has 0 bridgehead atoms. The maximum atomic E-state index is 12.2. The van der Waals surface area contributed by atoms with Crippen molar-refractivity contribution in [3.8, 4) is 11.5 Å². The van der Waals surface area contributed by atoms with Gasteiger partial charge in [0, 0.05) is 43.7 Å². The van der Waals surface area contributed by atoms with Crippen molar-refractivity contribution >= 4 is 5.91 Å². The number of para-hydroxylation sites is 1. The van der Waals surface area contributed by atoms with Crippen molar-refractivity contribution in [2.45, 2.75) is 70.5 Å². The molecule has 0 N–H and O–H groups in total.